The zero-order chi connectivity index (χ0) is 19.8. The Kier molecular flexibility index (Phi) is 4.21. The summed E-state index contributed by atoms with van der Waals surface area (Å²) in [6.07, 6.45) is 2.33. The molecule has 1 aliphatic heterocycles. The van der Waals surface area contributed by atoms with Crippen molar-refractivity contribution in [2.45, 2.75) is 11.3 Å². The molecular formula is C23H18N2O3S. The molecule has 0 aliphatic carbocycles. The predicted molar refractivity (Wildman–Crippen MR) is 113 cm³/mol. The molecule has 2 heterocycles. The normalized spacial score (nSPS) is 14.6. The van der Waals surface area contributed by atoms with Crippen LogP contribution in [0.4, 0.5) is 11.5 Å². The number of aromatic nitrogens is 1. The van der Waals surface area contributed by atoms with Crippen molar-refractivity contribution in [2.75, 3.05) is 11.4 Å². The van der Waals surface area contributed by atoms with Gasteiger partial charge in [0.15, 0.2) is 11.6 Å². The van der Waals surface area contributed by atoms with Crippen molar-refractivity contribution in [1.82, 2.24) is 4.98 Å². The second-order valence-corrected chi connectivity index (χ2v) is 8.38. The molecule has 6 heteroatoms. The summed E-state index contributed by atoms with van der Waals surface area (Å²) < 4.78 is 30.9. The molecule has 1 aromatic heterocycles. The summed E-state index contributed by atoms with van der Waals surface area (Å²) in [6, 6.07) is 24.8. The van der Waals surface area contributed by atoms with E-state index in [2.05, 4.69) is 29.2 Å². The van der Waals surface area contributed by atoms with Crippen molar-refractivity contribution in [3.05, 3.63) is 90.6 Å². The Morgan fingerprint density at radius 1 is 0.862 bits per heavy atom. The fourth-order valence-electron chi connectivity index (χ4n) is 3.78. The maximum atomic E-state index is 12.8. The number of pyridine rings is 1. The van der Waals surface area contributed by atoms with Gasteiger partial charge in [0.25, 0.3) is 0 Å². The highest BCUT2D eigenvalue weighted by atomic mass is 32.2. The van der Waals surface area contributed by atoms with Crippen LogP contribution in [0.25, 0.3) is 10.8 Å². The molecule has 0 fully saturated rings. The van der Waals surface area contributed by atoms with Gasteiger partial charge in [0.1, 0.15) is 4.90 Å². The number of para-hydroxylation sites is 2. The first kappa shape index (κ1) is 17.7. The molecule has 0 amide bonds. The van der Waals surface area contributed by atoms with Crippen molar-refractivity contribution in [1.29, 1.82) is 0 Å². The number of benzene rings is 3. The first-order valence-electron chi connectivity index (χ1n) is 9.36. The van der Waals surface area contributed by atoms with Gasteiger partial charge in [-0.1, -0.05) is 54.6 Å². The fraction of sp³-hybridized carbons (Fsp3) is 0.0870. The van der Waals surface area contributed by atoms with E-state index in [0.29, 0.717) is 23.8 Å². The highest BCUT2D eigenvalue weighted by molar-refractivity contribution is 7.87. The minimum Gasteiger partial charge on any atom is -0.377 e. The molecule has 5 rings (SSSR count). The van der Waals surface area contributed by atoms with Gasteiger partial charge in [-0.2, -0.15) is 8.42 Å². The Morgan fingerprint density at radius 3 is 2.59 bits per heavy atom. The molecule has 0 radical (unpaired) electrons. The molecule has 0 bridgehead atoms. The number of anilines is 2. The topological polar surface area (TPSA) is 59.5 Å². The summed E-state index contributed by atoms with van der Waals surface area (Å²) in [4.78, 5) is 6.40. The Balaban J connectivity index is 1.61. The van der Waals surface area contributed by atoms with Crippen molar-refractivity contribution < 1.29 is 12.6 Å². The van der Waals surface area contributed by atoms with E-state index < -0.39 is 10.1 Å². The lowest BCUT2D eigenvalue weighted by Crippen LogP contribution is -2.22. The lowest BCUT2D eigenvalue weighted by molar-refractivity contribution is 0.489. The zero-order valence-electron chi connectivity index (χ0n) is 15.5. The summed E-state index contributed by atoms with van der Waals surface area (Å²) in [5, 5.41) is 2.38. The molecule has 0 saturated heterocycles. The molecule has 0 spiro atoms. The van der Waals surface area contributed by atoms with Gasteiger partial charge in [-0.15, -0.1) is 0 Å². The summed E-state index contributed by atoms with van der Waals surface area (Å²) in [7, 11) is -3.95. The number of hydrogen-bond donors (Lipinski definition) is 0. The molecule has 4 aromatic rings. The molecule has 0 unspecified atom stereocenters. The van der Waals surface area contributed by atoms with Crippen molar-refractivity contribution in [3.8, 4) is 5.75 Å². The fourth-order valence-corrected chi connectivity index (χ4v) is 4.88. The molecule has 0 N–H and O–H groups in total. The van der Waals surface area contributed by atoms with E-state index in [1.54, 1.807) is 24.4 Å². The van der Waals surface area contributed by atoms with Crippen LogP contribution in [-0.4, -0.2) is 19.9 Å². The molecule has 0 saturated carbocycles. The molecule has 29 heavy (non-hydrogen) atoms. The molecule has 0 atom stereocenters. The van der Waals surface area contributed by atoms with Crippen LogP contribution < -0.4 is 9.08 Å². The Morgan fingerprint density at radius 2 is 1.66 bits per heavy atom. The number of hydrogen-bond acceptors (Lipinski definition) is 5. The second-order valence-electron chi connectivity index (χ2n) is 6.87. The van der Waals surface area contributed by atoms with Crippen LogP contribution in [0.5, 0.6) is 5.75 Å². The summed E-state index contributed by atoms with van der Waals surface area (Å²) in [6.45, 7) is 0.563. The van der Waals surface area contributed by atoms with E-state index in [0.717, 1.165) is 6.42 Å². The average molecular weight is 402 g/mol. The largest absolute Gasteiger partial charge is 0.377 e. The summed E-state index contributed by atoms with van der Waals surface area (Å²) in [5.74, 6) is 0.695. The van der Waals surface area contributed by atoms with E-state index in [1.807, 2.05) is 35.2 Å². The van der Waals surface area contributed by atoms with Gasteiger partial charge in [0.05, 0.1) is 5.69 Å². The third-order valence-electron chi connectivity index (χ3n) is 5.12. The quantitative estimate of drug-likeness (QED) is 0.465. The van der Waals surface area contributed by atoms with E-state index in [1.165, 1.54) is 22.4 Å². The first-order valence-corrected chi connectivity index (χ1v) is 10.8. The zero-order valence-corrected chi connectivity index (χ0v) is 16.3. The SMILES string of the molecule is O=S1(=O)Oc2ccccc2N(CCc2cccc3ccccc23)c2ncccc21. The molecule has 5 nitrogen and oxygen atoms in total. The van der Waals surface area contributed by atoms with Crippen molar-refractivity contribution >= 4 is 32.4 Å². The second kappa shape index (κ2) is 6.90. The van der Waals surface area contributed by atoms with E-state index in [-0.39, 0.29) is 4.90 Å². The highest BCUT2D eigenvalue weighted by Crippen LogP contribution is 2.41. The Hall–Kier alpha value is -3.38. The van der Waals surface area contributed by atoms with Crippen LogP contribution >= 0.6 is 0 Å². The van der Waals surface area contributed by atoms with Crippen molar-refractivity contribution in [3.63, 3.8) is 0 Å². The first-order chi connectivity index (χ1) is 14.1. The molecule has 144 valence electrons. The summed E-state index contributed by atoms with van der Waals surface area (Å²) in [5.41, 5.74) is 1.89. The predicted octanol–water partition coefficient (Wildman–Crippen LogP) is 4.70. The molecular weight excluding hydrogens is 384 g/mol. The average Bonchev–Trinajstić information content (AvgIpc) is 2.84. The minimum atomic E-state index is -3.95. The molecule has 1 aliphatic rings. The van der Waals surface area contributed by atoms with Crippen LogP contribution in [0.1, 0.15) is 5.56 Å². The Labute approximate surface area is 169 Å². The van der Waals surface area contributed by atoms with Crippen LogP contribution in [0.15, 0.2) is 90.0 Å². The smallest absolute Gasteiger partial charge is 0.343 e. The maximum Gasteiger partial charge on any atom is 0.343 e. The maximum absolute atomic E-state index is 12.8. The van der Waals surface area contributed by atoms with Crippen LogP contribution in [0.2, 0.25) is 0 Å². The number of nitrogens with zero attached hydrogens (tertiary/aromatic N) is 2. The van der Waals surface area contributed by atoms with E-state index in [4.69, 9.17) is 4.18 Å². The molecule has 3 aromatic carbocycles. The van der Waals surface area contributed by atoms with Gasteiger partial charge >= 0.3 is 10.1 Å². The van der Waals surface area contributed by atoms with Gasteiger partial charge in [-0.25, -0.2) is 4.98 Å². The Bertz CT molecular complexity index is 1310. The third kappa shape index (κ3) is 3.11. The minimum absolute atomic E-state index is 0.0779. The van der Waals surface area contributed by atoms with Gasteiger partial charge in [-0.05, 0) is 47.0 Å². The third-order valence-corrected chi connectivity index (χ3v) is 6.37. The van der Waals surface area contributed by atoms with Crippen LogP contribution in [-0.2, 0) is 16.5 Å². The number of rotatable bonds is 3. The summed E-state index contributed by atoms with van der Waals surface area (Å²) >= 11 is 0. The lowest BCUT2D eigenvalue weighted by atomic mass is 10.0. The monoisotopic (exact) mass is 402 g/mol. The van der Waals surface area contributed by atoms with Crippen LogP contribution in [0, 0.1) is 0 Å². The van der Waals surface area contributed by atoms with Crippen molar-refractivity contribution in [2.24, 2.45) is 0 Å². The van der Waals surface area contributed by atoms with E-state index >= 15 is 0 Å². The van der Waals surface area contributed by atoms with Gasteiger partial charge in [0.2, 0.25) is 0 Å². The standard InChI is InChI=1S/C23H18N2O3S/c26-29(27)22-13-6-15-24-23(22)25(20-11-3-4-12-21(20)28-29)16-14-18-9-5-8-17-7-1-2-10-19(17)18/h1-13,15H,14,16H2. The lowest BCUT2D eigenvalue weighted by Gasteiger charge is -2.24. The van der Waals surface area contributed by atoms with Gasteiger partial charge in [-0.3, -0.25) is 0 Å². The van der Waals surface area contributed by atoms with Gasteiger partial charge < -0.3 is 9.08 Å². The number of fused-ring (bicyclic) bond motifs is 3. The van der Waals surface area contributed by atoms with Gasteiger partial charge in [0, 0.05) is 12.7 Å². The van der Waals surface area contributed by atoms with Crippen LogP contribution in [0.3, 0.4) is 0 Å². The highest BCUT2D eigenvalue weighted by Gasteiger charge is 2.31. The van der Waals surface area contributed by atoms with E-state index in [9.17, 15) is 8.42 Å².